The van der Waals surface area contributed by atoms with Crippen molar-refractivity contribution in [2.45, 2.75) is 49.7 Å². The molecule has 0 unspecified atom stereocenters. The lowest BCUT2D eigenvalue weighted by Gasteiger charge is -2.33. The SMILES string of the molecule is COC(=O)C1=C(C)NC2=C(C(=O)CCC2)[C@@H]1c1cc(CSc2ccc(Cl)cc2)c(C)s1. The number of dihydropyridines is 1. The van der Waals surface area contributed by atoms with Gasteiger partial charge in [0, 0.05) is 48.8 Å². The molecule has 0 saturated carbocycles. The molecule has 4 nitrogen and oxygen atoms in total. The Hall–Kier alpha value is -2.02. The summed E-state index contributed by atoms with van der Waals surface area (Å²) in [6.07, 6.45) is 2.19. The second-order valence-corrected chi connectivity index (χ2v) is 10.5. The number of rotatable bonds is 5. The summed E-state index contributed by atoms with van der Waals surface area (Å²) >= 11 is 9.39. The van der Waals surface area contributed by atoms with Crippen LogP contribution in [0.25, 0.3) is 0 Å². The fourth-order valence-electron chi connectivity index (χ4n) is 4.17. The van der Waals surface area contributed by atoms with Crippen molar-refractivity contribution < 1.29 is 14.3 Å². The first-order valence-electron chi connectivity index (χ1n) is 10.2. The lowest BCUT2D eigenvalue weighted by molar-refractivity contribution is -0.136. The lowest BCUT2D eigenvalue weighted by Crippen LogP contribution is -2.33. The zero-order chi connectivity index (χ0) is 22.1. The number of allylic oxidation sites excluding steroid dienone is 3. The highest BCUT2D eigenvalue weighted by Gasteiger charge is 2.39. The summed E-state index contributed by atoms with van der Waals surface area (Å²) in [4.78, 5) is 29.0. The molecule has 162 valence electrons. The molecule has 0 saturated heterocycles. The Bertz CT molecular complexity index is 1100. The van der Waals surface area contributed by atoms with Crippen molar-refractivity contribution in [1.82, 2.24) is 5.32 Å². The molecule has 0 bridgehead atoms. The minimum atomic E-state index is -0.386. The maximum absolute atomic E-state index is 12.9. The molecule has 1 atom stereocenters. The third-order valence-electron chi connectivity index (χ3n) is 5.71. The highest BCUT2D eigenvalue weighted by molar-refractivity contribution is 7.98. The molecular formula is C24H24ClNO3S2. The van der Waals surface area contributed by atoms with Crippen molar-refractivity contribution in [2.75, 3.05) is 7.11 Å². The predicted molar refractivity (Wildman–Crippen MR) is 127 cm³/mol. The molecule has 1 aromatic heterocycles. The molecule has 1 aromatic carbocycles. The second-order valence-electron chi connectivity index (χ2n) is 7.73. The Morgan fingerprint density at radius 2 is 2.00 bits per heavy atom. The van der Waals surface area contributed by atoms with Crippen molar-refractivity contribution in [3.05, 3.63) is 73.2 Å². The van der Waals surface area contributed by atoms with E-state index in [9.17, 15) is 9.59 Å². The van der Waals surface area contributed by atoms with Gasteiger partial charge >= 0.3 is 5.97 Å². The molecule has 1 N–H and O–H groups in total. The molecule has 2 aliphatic rings. The van der Waals surface area contributed by atoms with Gasteiger partial charge < -0.3 is 10.1 Å². The third-order valence-corrected chi connectivity index (χ3v) is 8.18. The van der Waals surface area contributed by atoms with Crippen LogP contribution < -0.4 is 5.32 Å². The molecule has 0 amide bonds. The van der Waals surface area contributed by atoms with Gasteiger partial charge in [-0.25, -0.2) is 4.79 Å². The molecular weight excluding hydrogens is 450 g/mol. The molecule has 2 aromatic rings. The van der Waals surface area contributed by atoms with Crippen LogP contribution in [0.15, 0.2) is 57.8 Å². The van der Waals surface area contributed by atoms with Gasteiger partial charge in [0.05, 0.1) is 18.6 Å². The van der Waals surface area contributed by atoms with E-state index in [0.717, 1.165) is 50.4 Å². The molecule has 1 aliphatic heterocycles. The number of thioether (sulfide) groups is 1. The third kappa shape index (κ3) is 4.47. The minimum absolute atomic E-state index is 0.121. The predicted octanol–water partition coefficient (Wildman–Crippen LogP) is 6.14. The van der Waals surface area contributed by atoms with Crippen LogP contribution >= 0.6 is 34.7 Å². The molecule has 0 fully saturated rings. The van der Waals surface area contributed by atoms with Crippen molar-refractivity contribution in [1.29, 1.82) is 0 Å². The largest absolute Gasteiger partial charge is 0.466 e. The van der Waals surface area contributed by atoms with Crippen LogP contribution in [-0.2, 0) is 20.1 Å². The van der Waals surface area contributed by atoms with Crippen LogP contribution in [0.5, 0.6) is 0 Å². The van der Waals surface area contributed by atoms with Gasteiger partial charge in [-0.2, -0.15) is 0 Å². The summed E-state index contributed by atoms with van der Waals surface area (Å²) in [6, 6.07) is 9.97. The summed E-state index contributed by atoms with van der Waals surface area (Å²) in [5.41, 5.74) is 4.21. The fourth-order valence-corrected chi connectivity index (χ4v) is 6.51. The Morgan fingerprint density at radius 1 is 1.26 bits per heavy atom. The number of aryl methyl sites for hydroxylation is 1. The zero-order valence-electron chi connectivity index (χ0n) is 17.7. The number of methoxy groups -OCH3 is 1. The van der Waals surface area contributed by atoms with Gasteiger partial charge in [-0.15, -0.1) is 23.1 Å². The van der Waals surface area contributed by atoms with Crippen molar-refractivity contribution in [2.24, 2.45) is 0 Å². The van der Waals surface area contributed by atoms with Gasteiger partial charge in [-0.1, -0.05) is 11.6 Å². The van der Waals surface area contributed by atoms with Gasteiger partial charge in [-0.05, 0) is 62.6 Å². The average Bonchev–Trinajstić information content (AvgIpc) is 3.12. The van der Waals surface area contributed by atoms with Crippen LogP contribution in [0, 0.1) is 6.92 Å². The van der Waals surface area contributed by atoms with Crippen LogP contribution in [0.3, 0.4) is 0 Å². The number of halogens is 1. The molecule has 0 spiro atoms. The number of benzene rings is 1. The van der Waals surface area contributed by atoms with E-state index in [1.54, 1.807) is 23.1 Å². The maximum atomic E-state index is 12.9. The van der Waals surface area contributed by atoms with Gasteiger partial charge in [0.2, 0.25) is 0 Å². The number of hydrogen-bond donors (Lipinski definition) is 1. The number of carbonyl (C=O) groups excluding carboxylic acids is 2. The van der Waals surface area contributed by atoms with E-state index in [2.05, 4.69) is 18.3 Å². The van der Waals surface area contributed by atoms with Gasteiger partial charge in [0.15, 0.2) is 5.78 Å². The van der Waals surface area contributed by atoms with E-state index in [0.29, 0.717) is 12.0 Å². The fraction of sp³-hybridized carbons (Fsp3) is 0.333. The van der Waals surface area contributed by atoms with Gasteiger partial charge in [0.1, 0.15) is 0 Å². The van der Waals surface area contributed by atoms with E-state index in [1.807, 2.05) is 31.2 Å². The van der Waals surface area contributed by atoms with Gasteiger partial charge in [0.25, 0.3) is 0 Å². The molecule has 2 heterocycles. The smallest absolute Gasteiger partial charge is 0.336 e. The summed E-state index contributed by atoms with van der Waals surface area (Å²) in [5.74, 6) is 0.179. The number of hydrogen-bond acceptors (Lipinski definition) is 6. The zero-order valence-corrected chi connectivity index (χ0v) is 20.1. The van der Waals surface area contributed by atoms with Crippen molar-refractivity contribution in [3.63, 3.8) is 0 Å². The summed E-state index contributed by atoms with van der Waals surface area (Å²) in [5, 5.41) is 4.04. The number of ether oxygens (including phenoxy) is 1. The number of ketones is 1. The number of carbonyl (C=O) groups is 2. The van der Waals surface area contributed by atoms with Crippen LogP contribution in [0.2, 0.25) is 5.02 Å². The monoisotopic (exact) mass is 473 g/mol. The standard InChI is InChI=1S/C24H24ClNO3S2/c1-13-21(24(28)29-3)23(22-18(26-13)5-4-6-19(22)27)20-11-15(14(2)31-20)12-30-17-9-7-16(25)8-10-17/h7-11,23,26H,4-6,12H2,1-3H3/t23-/m1/s1. The Morgan fingerprint density at radius 3 is 2.71 bits per heavy atom. The van der Waals surface area contributed by atoms with Crippen LogP contribution in [0.1, 0.15) is 47.4 Å². The quantitative estimate of drug-likeness (QED) is 0.417. The summed E-state index contributed by atoms with van der Waals surface area (Å²) < 4.78 is 5.10. The van der Waals surface area contributed by atoms with Crippen molar-refractivity contribution >= 4 is 46.5 Å². The molecule has 0 radical (unpaired) electrons. The number of nitrogens with one attached hydrogen (secondary N) is 1. The lowest BCUT2D eigenvalue weighted by atomic mass is 9.78. The highest BCUT2D eigenvalue weighted by atomic mass is 35.5. The van der Waals surface area contributed by atoms with E-state index < -0.39 is 0 Å². The first kappa shape index (κ1) is 22.2. The van der Waals surface area contributed by atoms with Crippen LogP contribution in [-0.4, -0.2) is 18.9 Å². The molecule has 4 rings (SSSR count). The topological polar surface area (TPSA) is 55.4 Å². The average molecular weight is 474 g/mol. The first-order valence-corrected chi connectivity index (χ1v) is 12.4. The summed E-state index contributed by atoms with van der Waals surface area (Å²) in [7, 11) is 1.39. The Labute approximate surface area is 195 Å². The highest BCUT2D eigenvalue weighted by Crippen LogP contribution is 2.45. The number of esters is 1. The second kappa shape index (κ2) is 9.23. The molecule has 7 heteroatoms. The molecule has 1 aliphatic carbocycles. The normalized spacial score (nSPS) is 18.7. The van der Waals surface area contributed by atoms with E-state index in [-0.39, 0.29) is 17.7 Å². The summed E-state index contributed by atoms with van der Waals surface area (Å²) in [6.45, 7) is 3.99. The van der Waals surface area contributed by atoms with E-state index in [1.165, 1.54) is 17.6 Å². The molecule has 31 heavy (non-hydrogen) atoms. The van der Waals surface area contributed by atoms with Gasteiger partial charge in [-0.3, -0.25) is 4.79 Å². The Kier molecular flexibility index (Phi) is 6.60. The maximum Gasteiger partial charge on any atom is 0.336 e. The number of thiophene rings is 1. The van der Waals surface area contributed by atoms with Crippen LogP contribution in [0.4, 0.5) is 0 Å². The number of Topliss-reactive ketones (excluding diaryl/α,β-unsaturated/α-hetero) is 1. The van der Waals surface area contributed by atoms with E-state index in [4.69, 9.17) is 16.3 Å². The van der Waals surface area contributed by atoms with Crippen molar-refractivity contribution in [3.8, 4) is 0 Å². The minimum Gasteiger partial charge on any atom is -0.466 e. The first-order chi connectivity index (χ1) is 14.9. The Balaban J connectivity index is 1.69. The van der Waals surface area contributed by atoms with E-state index >= 15 is 0 Å².